The first-order valence-electron chi connectivity index (χ1n) is 4.91. The second-order valence-electron chi connectivity index (χ2n) is 3.64. The zero-order chi connectivity index (χ0) is 11.7. The predicted octanol–water partition coefficient (Wildman–Crippen LogP) is 2.78. The molecule has 0 aromatic heterocycles. The molecule has 0 unspecified atom stereocenters. The van der Waals surface area contributed by atoms with E-state index in [1.54, 1.807) is 6.07 Å². The second-order valence-corrected chi connectivity index (χ2v) is 3.64. The molecule has 0 saturated heterocycles. The van der Waals surface area contributed by atoms with Crippen LogP contribution in [0.15, 0.2) is 36.4 Å². The molecule has 0 aliphatic carbocycles. The Morgan fingerprint density at radius 1 is 0.750 bits per heavy atom. The molecule has 3 heteroatoms. The number of phenolic OH excluding ortho intramolecular Hbond substituents is 3. The topological polar surface area (TPSA) is 60.7 Å². The predicted molar refractivity (Wildman–Crippen MR) is 61.6 cm³/mol. The van der Waals surface area contributed by atoms with Crippen LogP contribution in [0.1, 0.15) is 5.56 Å². The van der Waals surface area contributed by atoms with E-state index in [4.69, 9.17) is 0 Å². The van der Waals surface area contributed by atoms with Gasteiger partial charge in [0.15, 0.2) is 11.5 Å². The quantitative estimate of drug-likeness (QED) is 0.642. The Labute approximate surface area is 93.2 Å². The summed E-state index contributed by atoms with van der Waals surface area (Å²) in [5, 5.41) is 28.4. The van der Waals surface area contributed by atoms with Gasteiger partial charge in [0.25, 0.3) is 0 Å². The van der Waals surface area contributed by atoms with E-state index in [0.29, 0.717) is 5.56 Å². The molecule has 0 radical (unpaired) electrons. The summed E-state index contributed by atoms with van der Waals surface area (Å²) in [7, 11) is 0. The second kappa shape index (κ2) is 3.77. The number of benzene rings is 2. The van der Waals surface area contributed by atoms with Crippen LogP contribution in [0.5, 0.6) is 17.2 Å². The van der Waals surface area contributed by atoms with Crippen LogP contribution in [0, 0.1) is 6.92 Å². The lowest BCUT2D eigenvalue weighted by atomic mass is 9.99. The van der Waals surface area contributed by atoms with E-state index in [9.17, 15) is 15.3 Å². The highest BCUT2D eigenvalue weighted by Crippen LogP contribution is 2.42. The third-order valence-electron chi connectivity index (χ3n) is 2.57. The van der Waals surface area contributed by atoms with Crippen molar-refractivity contribution in [3.05, 3.63) is 42.0 Å². The molecular formula is C13H12O3. The molecule has 16 heavy (non-hydrogen) atoms. The number of phenols is 3. The zero-order valence-electron chi connectivity index (χ0n) is 8.81. The summed E-state index contributed by atoms with van der Waals surface area (Å²) < 4.78 is 0. The first kappa shape index (κ1) is 10.4. The van der Waals surface area contributed by atoms with E-state index in [1.165, 1.54) is 6.07 Å². The number of hydrogen-bond acceptors (Lipinski definition) is 3. The number of rotatable bonds is 1. The van der Waals surface area contributed by atoms with Gasteiger partial charge >= 0.3 is 0 Å². The number of aromatic hydroxyl groups is 3. The molecular weight excluding hydrogens is 204 g/mol. The number of hydrogen-bond donors (Lipinski definition) is 3. The minimum Gasteiger partial charge on any atom is -0.504 e. The van der Waals surface area contributed by atoms with Gasteiger partial charge in [0.1, 0.15) is 0 Å². The normalized spacial score (nSPS) is 10.3. The first-order chi connectivity index (χ1) is 7.61. The highest BCUT2D eigenvalue weighted by atomic mass is 16.3. The molecule has 0 bridgehead atoms. The molecule has 0 heterocycles. The average Bonchev–Trinajstić information content (AvgIpc) is 2.28. The van der Waals surface area contributed by atoms with Gasteiger partial charge in [-0.3, -0.25) is 0 Å². The van der Waals surface area contributed by atoms with Gasteiger partial charge in [0.05, 0.1) is 0 Å². The summed E-state index contributed by atoms with van der Waals surface area (Å²) in [6.07, 6.45) is 0. The van der Waals surface area contributed by atoms with Gasteiger partial charge in [-0.15, -0.1) is 0 Å². The molecule has 0 aliphatic heterocycles. The summed E-state index contributed by atoms with van der Waals surface area (Å²) in [6, 6.07) is 10.4. The van der Waals surface area contributed by atoms with Crippen LogP contribution in [0.3, 0.4) is 0 Å². The van der Waals surface area contributed by atoms with Crippen molar-refractivity contribution < 1.29 is 15.3 Å². The Kier molecular flexibility index (Phi) is 2.44. The van der Waals surface area contributed by atoms with E-state index < -0.39 is 5.75 Å². The molecule has 2 aromatic rings. The van der Waals surface area contributed by atoms with Crippen LogP contribution in [0.25, 0.3) is 11.1 Å². The average molecular weight is 216 g/mol. The minimum absolute atomic E-state index is 0.297. The lowest BCUT2D eigenvalue weighted by Crippen LogP contribution is -1.84. The van der Waals surface area contributed by atoms with E-state index in [-0.39, 0.29) is 11.5 Å². The van der Waals surface area contributed by atoms with Crippen molar-refractivity contribution in [2.45, 2.75) is 6.92 Å². The molecule has 3 nitrogen and oxygen atoms in total. The van der Waals surface area contributed by atoms with E-state index in [1.807, 2.05) is 31.2 Å². The third kappa shape index (κ3) is 1.56. The largest absolute Gasteiger partial charge is 0.504 e. The molecule has 0 atom stereocenters. The molecule has 0 amide bonds. The van der Waals surface area contributed by atoms with Crippen molar-refractivity contribution in [2.75, 3.05) is 0 Å². The van der Waals surface area contributed by atoms with Gasteiger partial charge in [-0.05, 0) is 30.2 Å². The first-order valence-corrected chi connectivity index (χ1v) is 4.91. The highest BCUT2D eigenvalue weighted by molar-refractivity contribution is 5.77. The van der Waals surface area contributed by atoms with Gasteiger partial charge in [-0.2, -0.15) is 0 Å². The Hall–Kier alpha value is -2.16. The zero-order valence-corrected chi connectivity index (χ0v) is 8.81. The number of aryl methyl sites for hydroxylation is 1. The Morgan fingerprint density at radius 3 is 2.12 bits per heavy atom. The standard InChI is InChI=1S/C13H12O3/c1-8-4-2-3-5-9(8)10-6-7-11(14)13(16)12(10)15/h2-7,14-16H,1H3. The maximum absolute atomic E-state index is 9.75. The fourth-order valence-corrected chi connectivity index (χ4v) is 1.66. The van der Waals surface area contributed by atoms with Gasteiger partial charge < -0.3 is 15.3 Å². The Balaban J connectivity index is 2.66. The van der Waals surface area contributed by atoms with E-state index in [0.717, 1.165) is 11.1 Å². The molecule has 0 saturated carbocycles. The summed E-state index contributed by atoms with van der Waals surface area (Å²) in [5.74, 6) is -1.11. The van der Waals surface area contributed by atoms with Crippen molar-refractivity contribution in [3.8, 4) is 28.4 Å². The fraction of sp³-hybridized carbons (Fsp3) is 0.0769. The van der Waals surface area contributed by atoms with Gasteiger partial charge in [0.2, 0.25) is 5.75 Å². The smallest absolute Gasteiger partial charge is 0.200 e. The minimum atomic E-state index is -0.485. The lowest BCUT2D eigenvalue weighted by Gasteiger charge is -2.09. The summed E-state index contributed by atoms with van der Waals surface area (Å²) >= 11 is 0. The Morgan fingerprint density at radius 2 is 1.44 bits per heavy atom. The fourth-order valence-electron chi connectivity index (χ4n) is 1.66. The maximum atomic E-state index is 9.75. The van der Waals surface area contributed by atoms with E-state index >= 15 is 0 Å². The molecule has 3 N–H and O–H groups in total. The van der Waals surface area contributed by atoms with Crippen LogP contribution >= 0.6 is 0 Å². The highest BCUT2D eigenvalue weighted by Gasteiger charge is 2.13. The molecule has 0 spiro atoms. The summed E-state index contributed by atoms with van der Waals surface area (Å²) in [5.41, 5.74) is 2.33. The van der Waals surface area contributed by atoms with Crippen LogP contribution in [-0.2, 0) is 0 Å². The van der Waals surface area contributed by atoms with Crippen LogP contribution in [0.4, 0.5) is 0 Å². The molecule has 0 aliphatic rings. The third-order valence-corrected chi connectivity index (χ3v) is 2.57. The monoisotopic (exact) mass is 216 g/mol. The van der Waals surface area contributed by atoms with Crippen molar-refractivity contribution in [2.24, 2.45) is 0 Å². The van der Waals surface area contributed by atoms with Crippen molar-refractivity contribution >= 4 is 0 Å². The lowest BCUT2D eigenvalue weighted by molar-refractivity contribution is 0.369. The van der Waals surface area contributed by atoms with Gasteiger partial charge in [0, 0.05) is 5.56 Å². The SMILES string of the molecule is Cc1ccccc1-c1ccc(O)c(O)c1O. The van der Waals surface area contributed by atoms with Crippen LogP contribution in [-0.4, -0.2) is 15.3 Å². The Bertz CT molecular complexity index is 533. The van der Waals surface area contributed by atoms with Crippen LogP contribution < -0.4 is 0 Å². The molecule has 2 aromatic carbocycles. The van der Waals surface area contributed by atoms with E-state index in [2.05, 4.69) is 0 Å². The maximum Gasteiger partial charge on any atom is 0.200 e. The van der Waals surface area contributed by atoms with Crippen molar-refractivity contribution in [1.29, 1.82) is 0 Å². The van der Waals surface area contributed by atoms with Gasteiger partial charge in [-0.25, -0.2) is 0 Å². The van der Waals surface area contributed by atoms with Crippen molar-refractivity contribution in [3.63, 3.8) is 0 Å². The molecule has 82 valence electrons. The molecule has 2 rings (SSSR count). The molecule has 0 fully saturated rings. The van der Waals surface area contributed by atoms with Crippen molar-refractivity contribution in [1.82, 2.24) is 0 Å². The van der Waals surface area contributed by atoms with Crippen LogP contribution in [0.2, 0.25) is 0 Å². The summed E-state index contributed by atoms with van der Waals surface area (Å²) in [6.45, 7) is 1.92. The van der Waals surface area contributed by atoms with Gasteiger partial charge in [-0.1, -0.05) is 24.3 Å². The summed E-state index contributed by atoms with van der Waals surface area (Å²) in [4.78, 5) is 0.